The normalized spacial score (nSPS) is 11.9. The maximum atomic E-state index is 12.6. The summed E-state index contributed by atoms with van der Waals surface area (Å²) < 4.78 is 7.04. The Morgan fingerprint density at radius 2 is 1.96 bits per heavy atom. The van der Waals surface area contributed by atoms with E-state index in [0.717, 1.165) is 28.3 Å². The fraction of sp³-hybridized carbons (Fsp3) is 0.286. The van der Waals surface area contributed by atoms with Gasteiger partial charge < -0.3 is 10.1 Å². The van der Waals surface area contributed by atoms with Crippen LogP contribution in [0.4, 0.5) is 0 Å². The van der Waals surface area contributed by atoms with Gasteiger partial charge in [-0.25, -0.2) is 9.67 Å². The Bertz CT molecular complexity index is 961. The van der Waals surface area contributed by atoms with E-state index in [-0.39, 0.29) is 11.9 Å². The summed E-state index contributed by atoms with van der Waals surface area (Å²) in [6.07, 6.45) is 1.58. The number of hydrogen-bond acceptors (Lipinski definition) is 4. The fourth-order valence-corrected chi connectivity index (χ4v) is 2.86. The Labute approximate surface area is 159 Å². The second-order valence-electron chi connectivity index (χ2n) is 6.58. The predicted octanol–water partition coefficient (Wildman–Crippen LogP) is 3.69. The van der Waals surface area contributed by atoms with Gasteiger partial charge >= 0.3 is 0 Å². The van der Waals surface area contributed by atoms with Crippen LogP contribution in [0.5, 0.6) is 5.75 Å². The van der Waals surface area contributed by atoms with Gasteiger partial charge in [0.2, 0.25) is 0 Å². The van der Waals surface area contributed by atoms with Gasteiger partial charge in [-0.15, -0.1) is 0 Å². The summed E-state index contributed by atoms with van der Waals surface area (Å²) in [5, 5.41) is 7.49. The van der Waals surface area contributed by atoms with Crippen LogP contribution in [0.1, 0.15) is 45.8 Å². The highest BCUT2D eigenvalue weighted by Crippen LogP contribution is 2.19. The van der Waals surface area contributed by atoms with Crippen molar-refractivity contribution in [1.29, 1.82) is 0 Å². The Morgan fingerprint density at radius 1 is 1.19 bits per heavy atom. The molecule has 0 aliphatic rings. The lowest BCUT2D eigenvalue weighted by atomic mass is 10.1. The molecule has 2 heterocycles. The number of ether oxygens (including phenoxy) is 1. The minimum absolute atomic E-state index is 0.147. The summed E-state index contributed by atoms with van der Waals surface area (Å²) in [5.41, 5.74) is 4.65. The van der Waals surface area contributed by atoms with Crippen molar-refractivity contribution in [3.63, 3.8) is 0 Å². The number of hydrogen-bond donors (Lipinski definition) is 1. The van der Waals surface area contributed by atoms with E-state index in [9.17, 15) is 4.79 Å². The van der Waals surface area contributed by atoms with Gasteiger partial charge in [0.15, 0.2) is 5.82 Å². The smallest absolute Gasteiger partial charge is 0.253 e. The Morgan fingerprint density at radius 3 is 2.56 bits per heavy atom. The highest BCUT2D eigenvalue weighted by molar-refractivity contribution is 5.94. The average molecular weight is 364 g/mol. The second-order valence-corrected chi connectivity index (χ2v) is 6.58. The van der Waals surface area contributed by atoms with Gasteiger partial charge in [-0.05, 0) is 63.1 Å². The van der Waals surface area contributed by atoms with Crippen LogP contribution in [0.2, 0.25) is 0 Å². The molecule has 1 N–H and O–H groups in total. The van der Waals surface area contributed by atoms with Gasteiger partial charge in [0.1, 0.15) is 5.75 Å². The molecule has 140 valence electrons. The monoisotopic (exact) mass is 364 g/mol. The number of carbonyl (C=O) groups is 1. The molecule has 1 aromatic carbocycles. The van der Waals surface area contributed by atoms with Crippen molar-refractivity contribution in [1.82, 2.24) is 20.1 Å². The lowest BCUT2D eigenvalue weighted by Crippen LogP contribution is -2.26. The van der Waals surface area contributed by atoms with Gasteiger partial charge in [-0.2, -0.15) is 5.10 Å². The largest absolute Gasteiger partial charge is 0.497 e. The molecule has 3 aromatic rings. The fourth-order valence-electron chi connectivity index (χ4n) is 2.86. The minimum Gasteiger partial charge on any atom is -0.497 e. The SMILES string of the molecule is COc1cccc([C@@H](C)NC(=O)c2ccc(-n3nc(C)c(C)c3C)nc2)c1. The van der Waals surface area contributed by atoms with Crippen molar-refractivity contribution in [2.24, 2.45) is 0 Å². The standard InChI is InChI=1S/C21H24N4O2/c1-13-14(2)24-25(16(13)4)20-10-9-18(12-22-20)21(26)23-15(3)17-7-6-8-19(11-17)27-5/h6-12,15H,1-5H3,(H,23,26)/t15-/m1/s1. The quantitative estimate of drug-likeness (QED) is 0.750. The first-order valence-corrected chi connectivity index (χ1v) is 8.84. The molecule has 2 aromatic heterocycles. The zero-order chi connectivity index (χ0) is 19.6. The van der Waals surface area contributed by atoms with E-state index in [4.69, 9.17) is 4.74 Å². The van der Waals surface area contributed by atoms with Crippen LogP contribution < -0.4 is 10.1 Å². The topological polar surface area (TPSA) is 69.0 Å². The molecule has 0 saturated carbocycles. The summed E-state index contributed by atoms with van der Waals surface area (Å²) in [7, 11) is 1.62. The number of aryl methyl sites for hydroxylation is 1. The maximum absolute atomic E-state index is 12.6. The number of methoxy groups -OCH3 is 1. The lowest BCUT2D eigenvalue weighted by Gasteiger charge is -2.15. The summed E-state index contributed by atoms with van der Waals surface area (Å²) in [6, 6.07) is 11.1. The molecule has 27 heavy (non-hydrogen) atoms. The highest BCUT2D eigenvalue weighted by atomic mass is 16.5. The predicted molar refractivity (Wildman–Crippen MR) is 104 cm³/mol. The van der Waals surface area contributed by atoms with Gasteiger partial charge in [0.05, 0.1) is 24.4 Å². The minimum atomic E-state index is -0.172. The van der Waals surface area contributed by atoms with Crippen LogP contribution in [0.15, 0.2) is 42.6 Å². The van der Waals surface area contributed by atoms with Crippen molar-refractivity contribution in [2.45, 2.75) is 33.7 Å². The first-order chi connectivity index (χ1) is 12.9. The highest BCUT2D eigenvalue weighted by Gasteiger charge is 2.14. The summed E-state index contributed by atoms with van der Waals surface area (Å²) in [4.78, 5) is 17.0. The molecule has 1 atom stereocenters. The third-order valence-corrected chi connectivity index (χ3v) is 4.82. The van der Waals surface area contributed by atoms with Crippen LogP contribution in [0.25, 0.3) is 5.82 Å². The number of aromatic nitrogens is 3. The molecular formula is C21H24N4O2. The van der Waals surface area contributed by atoms with E-state index >= 15 is 0 Å². The molecule has 0 unspecified atom stereocenters. The van der Waals surface area contributed by atoms with Gasteiger partial charge in [-0.3, -0.25) is 4.79 Å². The third-order valence-electron chi connectivity index (χ3n) is 4.82. The first-order valence-electron chi connectivity index (χ1n) is 8.84. The van der Waals surface area contributed by atoms with Crippen molar-refractivity contribution in [3.05, 3.63) is 70.7 Å². The van der Waals surface area contributed by atoms with Crippen LogP contribution in [0.3, 0.4) is 0 Å². The van der Waals surface area contributed by atoms with Crippen LogP contribution in [-0.2, 0) is 0 Å². The Hall–Kier alpha value is -3.15. The lowest BCUT2D eigenvalue weighted by molar-refractivity contribution is 0.0939. The van der Waals surface area contributed by atoms with Crippen molar-refractivity contribution in [2.75, 3.05) is 7.11 Å². The molecule has 0 fully saturated rings. The second kappa shape index (κ2) is 7.61. The van der Waals surface area contributed by atoms with Crippen molar-refractivity contribution in [3.8, 4) is 11.6 Å². The van der Waals surface area contributed by atoms with Gasteiger partial charge in [0.25, 0.3) is 5.91 Å². The van der Waals surface area contributed by atoms with Crippen LogP contribution in [0, 0.1) is 20.8 Å². The first kappa shape index (κ1) is 18.6. The maximum Gasteiger partial charge on any atom is 0.253 e. The number of rotatable bonds is 5. The number of amides is 1. The third kappa shape index (κ3) is 3.84. The van der Waals surface area contributed by atoms with E-state index in [1.807, 2.05) is 58.0 Å². The molecule has 0 spiro atoms. The molecule has 6 heteroatoms. The van der Waals surface area contributed by atoms with E-state index in [1.165, 1.54) is 0 Å². The van der Waals surface area contributed by atoms with E-state index in [1.54, 1.807) is 24.1 Å². The summed E-state index contributed by atoms with van der Waals surface area (Å²) >= 11 is 0. The van der Waals surface area contributed by atoms with E-state index in [2.05, 4.69) is 15.4 Å². The van der Waals surface area contributed by atoms with Crippen LogP contribution in [-0.4, -0.2) is 27.8 Å². The van der Waals surface area contributed by atoms with Crippen LogP contribution >= 0.6 is 0 Å². The Balaban J connectivity index is 1.74. The van der Waals surface area contributed by atoms with Crippen molar-refractivity contribution < 1.29 is 9.53 Å². The van der Waals surface area contributed by atoms with Gasteiger partial charge in [0, 0.05) is 11.9 Å². The number of benzene rings is 1. The number of nitrogens with zero attached hydrogens (tertiary/aromatic N) is 3. The number of carbonyl (C=O) groups excluding carboxylic acids is 1. The Kier molecular flexibility index (Phi) is 5.26. The molecular weight excluding hydrogens is 340 g/mol. The molecule has 0 aliphatic heterocycles. The summed E-state index contributed by atoms with van der Waals surface area (Å²) in [6.45, 7) is 7.96. The van der Waals surface area contributed by atoms with Crippen molar-refractivity contribution >= 4 is 5.91 Å². The van der Waals surface area contributed by atoms with Gasteiger partial charge in [-0.1, -0.05) is 12.1 Å². The number of nitrogens with one attached hydrogen (secondary N) is 1. The van der Waals surface area contributed by atoms with E-state index in [0.29, 0.717) is 11.4 Å². The molecule has 6 nitrogen and oxygen atoms in total. The molecule has 0 radical (unpaired) electrons. The molecule has 0 bridgehead atoms. The molecule has 3 rings (SSSR count). The molecule has 1 amide bonds. The zero-order valence-electron chi connectivity index (χ0n) is 16.3. The molecule has 0 aliphatic carbocycles. The number of pyridine rings is 1. The van der Waals surface area contributed by atoms with E-state index < -0.39 is 0 Å². The zero-order valence-corrected chi connectivity index (χ0v) is 16.3. The summed E-state index contributed by atoms with van der Waals surface area (Å²) in [5.74, 6) is 1.29. The molecule has 0 saturated heterocycles. The average Bonchev–Trinajstić information content (AvgIpc) is 2.95.